The number of hydrogen-bond donors (Lipinski definition) is 2. The molecule has 0 aliphatic heterocycles. The minimum absolute atomic E-state index is 0.534. The molecule has 0 bridgehead atoms. The van der Waals surface area contributed by atoms with E-state index in [0.29, 0.717) is 32.1 Å². The van der Waals surface area contributed by atoms with Gasteiger partial charge in [-0.25, -0.2) is 0 Å². The lowest BCUT2D eigenvalue weighted by molar-refractivity contribution is 1.54. The van der Waals surface area contributed by atoms with Crippen LogP contribution in [0, 0.1) is 0 Å². The lowest BCUT2D eigenvalue weighted by Gasteiger charge is -2.12. The summed E-state index contributed by atoms with van der Waals surface area (Å²) in [6.45, 7) is 0. The fourth-order valence-electron chi connectivity index (χ4n) is 1.40. The average molecular weight is 288 g/mol. The normalized spacial score (nSPS) is 10.3. The molecule has 2 aromatic carbocycles. The van der Waals surface area contributed by atoms with Gasteiger partial charge in [-0.1, -0.05) is 40.9 Å². The summed E-state index contributed by atoms with van der Waals surface area (Å²) in [6, 6.07) is 10.5. The molecule has 0 saturated carbocycles. The van der Waals surface area contributed by atoms with Crippen LogP contribution in [0.25, 0.3) is 0 Å². The van der Waals surface area contributed by atoms with Crippen molar-refractivity contribution in [2.45, 2.75) is 0 Å². The van der Waals surface area contributed by atoms with Crippen LogP contribution in [0.15, 0.2) is 36.4 Å². The maximum absolute atomic E-state index is 6.05. The number of para-hydroxylation sites is 1. The molecule has 0 unspecified atom stereocenters. The second kappa shape index (κ2) is 5.05. The Morgan fingerprint density at radius 1 is 0.941 bits per heavy atom. The topological polar surface area (TPSA) is 38.0 Å². The molecule has 5 heteroatoms. The van der Waals surface area contributed by atoms with Crippen LogP contribution in [-0.2, 0) is 0 Å². The van der Waals surface area contributed by atoms with Gasteiger partial charge in [0.1, 0.15) is 0 Å². The van der Waals surface area contributed by atoms with Crippen LogP contribution in [0.1, 0.15) is 0 Å². The van der Waals surface area contributed by atoms with Crippen LogP contribution in [-0.4, -0.2) is 0 Å². The molecule has 88 valence electrons. The molecule has 2 nitrogen and oxygen atoms in total. The van der Waals surface area contributed by atoms with E-state index in [4.69, 9.17) is 40.5 Å². The van der Waals surface area contributed by atoms with E-state index in [-0.39, 0.29) is 0 Å². The van der Waals surface area contributed by atoms with Gasteiger partial charge >= 0.3 is 0 Å². The first-order valence-corrected chi connectivity index (χ1v) is 5.97. The van der Waals surface area contributed by atoms with Gasteiger partial charge in [0.25, 0.3) is 0 Å². The molecular formula is C12H9Cl3N2. The van der Waals surface area contributed by atoms with Crippen molar-refractivity contribution in [2.24, 2.45) is 0 Å². The maximum atomic E-state index is 6.05. The van der Waals surface area contributed by atoms with E-state index < -0.39 is 0 Å². The average Bonchev–Trinajstić information content (AvgIpc) is 2.26. The Labute approximate surface area is 114 Å². The summed E-state index contributed by atoms with van der Waals surface area (Å²) >= 11 is 17.9. The highest BCUT2D eigenvalue weighted by Gasteiger charge is 2.07. The molecule has 0 aliphatic rings. The molecule has 0 amide bonds. The number of halogens is 3. The Kier molecular flexibility index (Phi) is 3.67. The van der Waals surface area contributed by atoms with Crippen molar-refractivity contribution >= 4 is 51.9 Å². The smallest absolute Gasteiger partial charge is 0.0763 e. The van der Waals surface area contributed by atoms with Crippen LogP contribution in [0.3, 0.4) is 0 Å². The molecule has 17 heavy (non-hydrogen) atoms. The van der Waals surface area contributed by atoms with Crippen LogP contribution in [0.5, 0.6) is 0 Å². The highest BCUT2D eigenvalue weighted by molar-refractivity contribution is 6.39. The van der Waals surface area contributed by atoms with Gasteiger partial charge in [0.15, 0.2) is 0 Å². The quantitative estimate of drug-likeness (QED) is 0.765. The van der Waals surface area contributed by atoms with E-state index in [1.165, 1.54) is 0 Å². The highest BCUT2D eigenvalue weighted by Crippen LogP contribution is 2.34. The summed E-state index contributed by atoms with van der Waals surface area (Å²) in [5, 5.41) is 4.74. The highest BCUT2D eigenvalue weighted by atomic mass is 35.5. The van der Waals surface area contributed by atoms with Gasteiger partial charge < -0.3 is 11.1 Å². The summed E-state index contributed by atoms with van der Waals surface area (Å²) < 4.78 is 0. The monoisotopic (exact) mass is 286 g/mol. The third kappa shape index (κ3) is 2.78. The van der Waals surface area contributed by atoms with Crippen molar-refractivity contribution in [1.82, 2.24) is 0 Å². The SMILES string of the molecule is Nc1cc(Cl)ccc1Nc1c(Cl)cccc1Cl. The van der Waals surface area contributed by atoms with Crippen molar-refractivity contribution in [2.75, 3.05) is 11.1 Å². The summed E-state index contributed by atoms with van der Waals surface area (Å²) in [7, 11) is 0. The van der Waals surface area contributed by atoms with Crippen LogP contribution in [0.4, 0.5) is 17.1 Å². The minimum Gasteiger partial charge on any atom is -0.397 e. The molecule has 2 aromatic rings. The van der Waals surface area contributed by atoms with Gasteiger partial charge in [-0.15, -0.1) is 0 Å². The predicted octanol–water partition coefficient (Wildman–Crippen LogP) is 4.97. The Morgan fingerprint density at radius 2 is 1.59 bits per heavy atom. The van der Waals surface area contributed by atoms with Crippen LogP contribution < -0.4 is 11.1 Å². The Hall–Kier alpha value is -1.09. The van der Waals surface area contributed by atoms with Crippen molar-refractivity contribution in [1.29, 1.82) is 0 Å². The molecule has 0 aliphatic carbocycles. The van der Waals surface area contributed by atoms with Gasteiger partial charge in [-0.2, -0.15) is 0 Å². The van der Waals surface area contributed by atoms with E-state index in [1.807, 2.05) is 0 Å². The van der Waals surface area contributed by atoms with E-state index >= 15 is 0 Å². The molecule has 0 heterocycles. The minimum atomic E-state index is 0.534. The number of nitrogens with two attached hydrogens (primary N) is 1. The summed E-state index contributed by atoms with van der Waals surface area (Å²) in [5.41, 5.74) is 7.71. The van der Waals surface area contributed by atoms with Gasteiger partial charge in [0, 0.05) is 5.02 Å². The summed E-state index contributed by atoms with van der Waals surface area (Å²) in [6.07, 6.45) is 0. The molecule has 0 radical (unpaired) electrons. The summed E-state index contributed by atoms with van der Waals surface area (Å²) in [5.74, 6) is 0. The Morgan fingerprint density at radius 3 is 2.18 bits per heavy atom. The number of anilines is 3. The first-order chi connectivity index (χ1) is 8.08. The lowest BCUT2D eigenvalue weighted by atomic mass is 10.2. The number of nitrogens with one attached hydrogen (secondary N) is 1. The Balaban J connectivity index is 2.38. The van der Waals surface area contributed by atoms with Gasteiger partial charge in [0.05, 0.1) is 27.1 Å². The molecule has 0 atom stereocenters. The number of rotatable bonds is 2. The second-order valence-electron chi connectivity index (χ2n) is 3.45. The first-order valence-electron chi connectivity index (χ1n) is 4.84. The first kappa shape index (κ1) is 12.4. The zero-order chi connectivity index (χ0) is 12.4. The number of hydrogen-bond acceptors (Lipinski definition) is 2. The van der Waals surface area contributed by atoms with Crippen molar-refractivity contribution in [3.05, 3.63) is 51.5 Å². The van der Waals surface area contributed by atoms with E-state index in [9.17, 15) is 0 Å². The van der Waals surface area contributed by atoms with E-state index in [2.05, 4.69) is 5.32 Å². The zero-order valence-electron chi connectivity index (χ0n) is 8.68. The molecule has 0 fully saturated rings. The summed E-state index contributed by atoms with van der Waals surface area (Å²) in [4.78, 5) is 0. The zero-order valence-corrected chi connectivity index (χ0v) is 10.9. The van der Waals surface area contributed by atoms with Crippen LogP contribution in [0.2, 0.25) is 15.1 Å². The predicted molar refractivity (Wildman–Crippen MR) is 75.6 cm³/mol. The third-order valence-corrected chi connectivity index (χ3v) is 3.10. The molecule has 0 saturated heterocycles. The van der Waals surface area contributed by atoms with Gasteiger partial charge in [0.2, 0.25) is 0 Å². The fraction of sp³-hybridized carbons (Fsp3) is 0. The largest absolute Gasteiger partial charge is 0.397 e. The number of nitrogen functional groups attached to an aromatic ring is 1. The molecule has 0 spiro atoms. The van der Waals surface area contributed by atoms with E-state index in [1.54, 1.807) is 36.4 Å². The molecule has 3 N–H and O–H groups in total. The standard InChI is InChI=1S/C12H9Cl3N2/c13-7-4-5-11(10(16)6-7)17-12-8(14)2-1-3-9(12)15/h1-6,17H,16H2. The maximum Gasteiger partial charge on any atom is 0.0763 e. The molecular weight excluding hydrogens is 279 g/mol. The van der Waals surface area contributed by atoms with Crippen molar-refractivity contribution in [3.63, 3.8) is 0 Å². The van der Waals surface area contributed by atoms with E-state index in [0.717, 1.165) is 0 Å². The fourth-order valence-corrected chi connectivity index (χ4v) is 2.07. The second-order valence-corrected chi connectivity index (χ2v) is 4.70. The lowest BCUT2D eigenvalue weighted by Crippen LogP contribution is -1.97. The third-order valence-electron chi connectivity index (χ3n) is 2.24. The molecule has 0 aromatic heterocycles. The van der Waals surface area contributed by atoms with Crippen LogP contribution >= 0.6 is 34.8 Å². The molecule has 2 rings (SSSR count). The van der Waals surface area contributed by atoms with Crippen molar-refractivity contribution in [3.8, 4) is 0 Å². The van der Waals surface area contributed by atoms with Gasteiger partial charge in [-0.3, -0.25) is 0 Å². The number of benzene rings is 2. The van der Waals surface area contributed by atoms with Crippen molar-refractivity contribution < 1.29 is 0 Å². The van der Waals surface area contributed by atoms with Gasteiger partial charge in [-0.05, 0) is 30.3 Å². The Bertz CT molecular complexity index is 535.